The van der Waals surface area contributed by atoms with Crippen LogP contribution in [-0.4, -0.2) is 53.5 Å². The van der Waals surface area contributed by atoms with Crippen LogP contribution in [0, 0.1) is 0 Å². The van der Waals surface area contributed by atoms with Crippen molar-refractivity contribution in [3.8, 4) is 11.1 Å². The van der Waals surface area contributed by atoms with Crippen molar-refractivity contribution >= 4 is 5.91 Å². The van der Waals surface area contributed by atoms with Crippen LogP contribution in [0.4, 0.5) is 0 Å². The molecule has 3 atom stereocenters. The average molecular weight is 464 g/mol. The lowest BCUT2D eigenvalue weighted by Crippen LogP contribution is -2.56. The Balaban J connectivity index is 1.34. The molecule has 35 heavy (non-hydrogen) atoms. The molecule has 0 saturated carbocycles. The van der Waals surface area contributed by atoms with Crippen LogP contribution in [0.1, 0.15) is 54.9 Å². The van der Waals surface area contributed by atoms with Crippen LogP contribution in [0.2, 0.25) is 0 Å². The lowest BCUT2D eigenvalue weighted by atomic mass is 9.71. The van der Waals surface area contributed by atoms with Gasteiger partial charge in [0.05, 0.1) is 11.6 Å². The summed E-state index contributed by atoms with van der Waals surface area (Å²) in [5.74, 6) is 0.473. The molecule has 1 amide bonds. The van der Waals surface area contributed by atoms with Gasteiger partial charge in [0.2, 0.25) is 5.91 Å². The monoisotopic (exact) mass is 463 g/mol. The number of hydrogen-bond donors (Lipinski definition) is 1. The van der Waals surface area contributed by atoms with E-state index < -0.39 is 5.54 Å². The van der Waals surface area contributed by atoms with Crippen molar-refractivity contribution in [2.75, 3.05) is 19.6 Å². The molecule has 2 saturated heterocycles. The lowest BCUT2D eigenvalue weighted by Gasteiger charge is -2.43. The van der Waals surface area contributed by atoms with Crippen LogP contribution in [0.15, 0.2) is 72.8 Å². The molecule has 4 aliphatic rings. The lowest BCUT2D eigenvalue weighted by molar-refractivity contribution is -0.132. The highest BCUT2D eigenvalue weighted by atomic mass is 16.2. The van der Waals surface area contributed by atoms with Crippen molar-refractivity contribution in [3.63, 3.8) is 0 Å². The average Bonchev–Trinajstić information content (AvgIpc) is 3.39. The Bertz CT molecular complexity index is 1290. The van der Waals surface area contributed by atoms with E-state index in [2.05, 4.69) is 102 Å². The minimum atomic E-state index is -0.488. The molecule has 2 fully saturated rings. The summed E-state index contributed by atoms with van der Waals surface area (Å²) in [7, 11) is 0. The van der Waals surface area contributed by atoms with Gasteiger partial charge in [-0.05, 0) is 60.1 Å². The Morgan fingerprint density at radius 2 is 1.60 bits per heavy atom. The van der Waals surface area contributed by atoms with Gasteiger partial charge >= 0.3 is 0 Å². The topological polar surface area (TPSA) is 35.6 Å². The molecule has 0 bridgehead atoms. The first-order chi connectivity index (χ1) is 17.1. The quantitative estimate of drug-likeness (QED) is 0.610. The number of carbonyl (C=O) groups is 1. The Morgan fingerprint density at radius 1 is 0.886 bits per heavy atom. The zero-order chi connectivity index (χ0) is 23.7. The number of nitrogens with zero attached hydrogens (tertiary/aromatic N) is 2. The maximum Gasteiger partial charge on any atom is 0.240 e. The number of likely N-dealkylation sites (tertiary alicyclic amines) is 2. The standard InChI is InChI=1S/C31H33N3O/c1-20(2)33-17-15-22(16-18-33)34-19-26-25-13-8-12-24-23-11-6-7-14-27(23)31(28(24)25,32-29(26)30(34)35)21-9-4-3-5-10-21/h3-14,20,22,26,29,32H,15-19H2,1-2H3/t26-,29+,31?/m1/s1. The molecule has 3 aromatic rings. The molecular weight excluding hydrogens is 430 g/mol. The predicted molar refractivity (Wildman–Crippen MR) is 139 cm³/mol. The Labute approximate surface area is 207 Å². The number of rotatable bonds is 3. The number of carbonyl (C=O) groups excluding carboxylic acids is 1. The maximum absolute atomic E-state index is 14.1. The summed E-state index contributed by atoms with van der Waals surface area (Å²) in [6.45, 7) is 7.52. The van der Waals surface area contributed by atoms with Gasteiger partial charge in [-0.15, -0.1) is 0 Å². The summed E-state index contributed by atoms with van der Waals surface area (Å²) >= 11 is 0. The number of nitrogens with one attached hydrogen (secondary N) is 1. The highest BCUT2D eigenvalue weighted by Gasteiger charge is 2.57. The van der Waals surface area contributed by atoms with Crippen LogP contribution in [0.3, 0.4) is 0 Å². The third kappa shape index (κ3) is 2.90. The molecule has 1 aliphatic carbocycles. The van der Waals surface area contributed by atoms with E-state index in [4.69, 9.17) is 0 Å². The molecule has 178 valence electrons. The molecule has 0 radical (unpaired) electrons. The second kappa shape index (κ2) is 7.78. The Kier molecular flexibility index (Phi) is 4.74. The van der Waals surface area contributed by atoms with E-state index in [0.29, 0.717) is 12.1 Å². The van der Waals surface area contributed by atoms with Gasteiger partial charge in [-0.25, -0.2) is 0 Å². The van der Waals surface area contributed by atoms with E-state index in [1.54, 1.807) is 0 Å². The Morgan fingerprint density at radius 3 is 2.37 bits per heavy atom. The van der Waals surface area contributed by atoms with Crippen molar-refractivity contribution in [1.29, 1.82) is 0 Å². The van der Waals surface area contributed by atoms with Gasteiger partial charge < -0.3 is 9.80 Å². The fraction of sp³-hybridized carbons (Fsp3) is 0.387. The van der Waals surface area contributed by atoms with Crippen LogP contribution in [0.25, 0.3) is 11.1 Å². The minimum absolute atomic E-state index is 0.187. The van der Waals surface area contributed by atoms with Crippen molar-refractivity contribution in [2.24, 2.45) is 0 Å². The SMILES string of the molecule is CC(C)N1CCC(N2C[C@@H]3c4cccc5c4C(c4ccccc4)(N[C@@H]3C2=O)c2ccccc2-5)CC1. The molecule has 1 unspecified atom stereocenters. The smallest absolute Gasteiger partial charge is 0.240 e. The first-order valence-electron chi connectivity index (χ1n) is 13.2. The van der Waals surface area contributed by atoms with Crippen LogP contribution >= 0.6 is 0 Å². The predicted octanol–water partition coefficient (Wildman–Crippen LogP) is 4.73. The summed E-state index contributed by atoms with van der Waals surface area (Å²) < 4.78 is 0. The molecular formula is C31H33N3O. The summed E-state index contributed by atoms with van der Waals surface area (Å²) in [6.07, 6.45) is 2.14. The van der Waals surface area contributed by atoms with E-state index in [9.17, 15) is 4.79 Å². The van der Waals surface area contributed by atoms with Gasteiger partial charge in [0.25, 0.3) is 0 Å². The van der Waals surface area contributed by atoms with Gasteiger partial charge in [-0.3, -0.25) is 10.1 Å². The minimum Gasteiger partial charge on any atom is -0.338 e. The van der Waals surface area contributed by atoms with Crippen molar-refractivity contribution in [1.82, 2.24) is 15.1 Å². The second-order valence-corrected chi connectivity index (χ2v) is 11.0. The zero-order valence-corrected chi connectivity index (χ0v) is 20.6. The van der Waals surface area contributed by atoms with Gasteiger partial charge in [0.15, 0.2) is 0 Å². The summed E-state index contributed by atoms with van der Waals surface area (Å²) in [4.78, 5) is 18.8. The van der Waals surface area contributed by atoms with Gasteiger partial charge in [0, 0.05) is 37.6 Å². The number of piperidine rings is 1. The fourth-order valence-electron chi connectivity index (χ4n) is 7.40. The molecule has 0 spiro atoms. The molecule has 1 N–H and O–H groups in total. The molecule has 3 heterocycles. The number of benzene rings is 3. The fourth-order valence-corrected chi connectivity index (χ4v) is 7.40. The highest BCUT2D eigenvalue weighted by molar-refractivity contribution is 5.91. The third-order valence-corrected chi connectivity index (χ3v) is 9.09. The van der Waals surface area contributed by atoms with E-state index in [0.717, 1.165) is 32.5 Å². The molecule has 4 nitrogen and oxygen atoms in total. The normalized spacial score (nSPS) is 27.7. The zero-order valence-electron chi connectivity index (χ0n) is 20.6. The maximum atomic E-state index is 14.1. The first kappa shape index (κ1) is 21.3. The van der Waals surface area contributed by atoms with Crippen molar-refractivity contribution in [3.05, 3.63) is 95.1 Å². The van der Waals surface area contributed by atoms with Gasteiger partial charge in [0.1, 0.15) is 0 Å². The second-order valence-electron chi connectivity index (χ2n) is 11.0. The summed E-state index contributed by atoms with van der Waals surface area (Å²) in [5.41, 5.74) is 7.30. The summed E-state index contributed by atoms with van der Waals surface area (Å²) in [5, 5.41) is 4.00. The number of fused-ring (bicyclic) bond motifs is 5. The van der Waals surface area contributed by atoms with E-state index in [-0.39, 0.29) is 17.9 Å². The molecule has 4 heteroatoms. The number of amides is 1. The van der Waals surface area contributed by atoms with Crippen molar-refractivity contribution < 1.29 is 4.79 Å². The van der Waals surface area contributed by atoms with Crippen LogP contribution < -0.4 is 5.32 Å². The van der Waals surface area contributed by atoms with E-state index in [1.807, 2.05) is 0 Å². The first-order valence-corrected chi connectivity index (χ1v) is 13.2. The van der Waals surface area contributed by atoms with Crippen LogP contribution in [-0.2, 0) is 10.3 Å². The van der Waals surface area contributed by atoms with Gasteiger partial charge in [-0.1, -0.05) is 72.8 Å². The van der Waals surface area contributed by atoms with Gasteiger partial charge in [-0.2, -0.15) is 0 Å². The Hall–Kier alpha value is -2.95. The molecule has 0 aromatic heterocycles. The molecule has 3 aliphatic heterocycles. The largest absolute Gasteiger partial charge is 0.338 e. The summed E-state index contributed by atoms with van der Waals surface area (Å²) in [6, 6.07) is 27.0. The van der Waals surface area contributed by atoms with Crippen molar-refractivity contribution in [2.45, 2.75) is 56.3 Å². The van der Waals surface area contributed by atoms with Crippen LogP contribution in [0.5, 0.6) is 0 Å². The third-order valence-electron chi connectivity index (χ3n) is 9.09. The molecule has 3 aromatic carbocycles. The number of hydrogen-bond acceptors (Lipinski definition) is 3. The highest BCUT2D eigenvalue weighted by Crippen LogP contribution is 2.57. The molecule has 7 rings (SSSR count). The van der Waals surface area contributed by atoms with E-state index >= 15 is 0 Å². The van der Waals surface area contributed by atoms with E-state index in [1.165, 1.54) is 33.4 Å².